The van der Waals surface area contributed by atoms with Gasteiger partial charge in [0.1, 0.15) is 0 Å². The molecule has 0 aliphatic carbocycles. The summed E-state index contributed by atoms with van der Waals surface area (Å²) in [5.74, 6) is 0. The van der Waals surface area contributed by atoms with Crippen LogP contribution in [-0.2, 0) is 15.5 Å². The van der Waals surface area contributed by atoms with Gasteiger partial charge in [-0.05, 0) is 37.2 Å². The summed E-state index contributed by atoms with van der Waals surface area (Å²) in [6, 6.07) is 7.80. The fourth-order valence-electron chi connectivity index (χ4n) is 2.26. The van der Waals surface area contributed by atoms with Gasteiger partial charge in [0.25, 0.3) is 0 Å². The molecule has 0 radical (unpaired) electrons. The third kappa shape index (κ3) is 9.62. The standard InChI is InChI=1S/C18H31ClO2Si/c1-4-5-6-7-8-9-10-15-20-22(2,3)21-16-17-11-13-18(19)14-12-17/h11-14H,4-10,15-16H2,1-3H3. The third-order valence-corrected chi connectivity index (χ3v) is 5.69. The monoisotopic (exact) mass is 342 g/mol. The molecule has 0 heterocycles. The molecule has 0 aromatic heterocycles. The van der Waals surface area contributed by atoms with Crippen molar-refractivity contribution in [2.75, 3.05) is 6.61 Å². The van der Waals surface area contributed by atoms with Crippen LogP contribution in [0, 0.1) is 0 Å². The van der Waals surface area contributed by atoms with E-state index in [1.54, 1.807) is 0 Å². The van der Waals surface area contributed by atoms with Crippen molar-refractivity contribution < 1.29 is 8.85 Å². The van der Waals surface area contributed by atoms with Crippen molar-refractivity contribution in [3.63, 3.8) is 0 Å². The van der Waals surface area contributed by atoms with Gasteiger partial charge in [-0.3, -0.25) is 0 Å². The average Bonchev–Trinajstić information content (AvgIpc) is 2.49. The van der Waals surface area contributed by atoms with Gasteiger partial charge < -0.3 is 8.85 Å². The smallest absolute Gasteiger partial charge is 0.332 e. The Morgan fingerprint density at radius 1 is 0.864 bits per heavy atom. The van der Waals surface area contributed by atoms with Crippen molar-refractivity contribution in [2.24, 2.45) is 0 Å². The summed E-state index contributed by atoms with van der Waals surface area (Å²) in [5, 5.41) is 0.760. The number of halogens is 1. The normalized spacial score (nSPS) is 11.8. The van der Waals surface area contributed by atoms with E-state index >= 15 is 0 Å². The molecule has 0 saturated heterocycles. The fourth-order valence-corrected chi connectivity index (χ4v) is 3.62. The lowest BCUT2D eigenvalue weighted by Crippen LogP contribution is -2.35. The summed E-state index contributed by atoms with van der Waals surface area (Å²) < 4.78 is 12.0. The van der Waals surface area contributed by atoms with E-state index in [4.69, 9.17) is 20.5 Å². The lowest BCUT2D eigenvalue weighted by molar-refractivity contribution is 0.168. The maximum Gasteiger partial charge on any atom is 0.332 e. The van der Waals surface area contributed by atoms with Gasteiger partial charge in [0, 0.05) is 11.6 Å². The predicted molar refractivity (Wildman–Crippen MR) is 97.7 cm³/mol. The van der Waals surface area contributed by atoms with Crippen LogP contribution in [0.15, 0.2) is 24.3 Å². The lowest BCUT2D eigenvalue weighted by atomic mass is 10.1. The SMILES string of the molecule is CCCCCCCCCO[Si](C)(C)OCc1ccc(Cl)cc1. The van der Waals surface area contributed by atoms with Crippen molar-refractivity contribution in [3.05, 3.63) is 34.9 Å². The maximum atomic E-state index is 5.99. The first-order valence-corrected chi connectivity index (χ1v) is 11.8. The van der Waals surface area contributed by atoms with Crippen LogP contribution in [0.5, 0.6) is 0 Å². The van der Waals surface area contributed by atoms with Crippen molar-refractivity contribution in [3.8, 4) is 0 Å². The van der Waals surface area contributed by atoms with Crippen molar-refractivity contribution in [1.29, 1.82) is 0 Å². The number of benzene rings is 1. The molecule has 0 unspecified atom stereocenters. The van der Waals surface area contributed by atoms with Crippen LogP contribution in [0.3, 0.4) is 0 Å². The number of unbranched alkanes of at least 4 members (excludes halogenated alkanes) is 6. The molecule has 0 aliphatic rings. The molecule has 0 spiro atoms. The second-order valence-corrected chi connectivity index (χ2v) is 10.1. The summed E-state index contributed by atoms with van der Waals surface area (Å²) in [6.45, 7) is 7.92. The van der Waals surface area contributed by atoms with Gasteiger partial charge in [0.05, 0.1) is 6.61 Å². The first kappa shape index (κ1) is 19.7. The zero-order valence-electron chi connectivity index (χ0n) is 14.4. The summed E-state index contributed by atoms with van der Waals surface area (Å²) in [4.78, 5) is 0. The van der Waals surface area contributed by atoms with Crippen LogP contribution in [0.2, 0.25) is 18.1 Å². The van der Waals surface area contributed by atoms with E-state index in [1.165, 1.54) is 38.5 Å². The molecule has 0 fully saturated rings. The highest BCUT2D eigenvalue weighted by atomic mass is 35.5. The molecule has 0 saturated carbocycles. The molecule has 1 aromatic rings. The molecule has 22 heavy (non-hydrogen) atoms. The Bertz CT molecular complexity index is 393. The Morgan fingerprint density at radius 3 is 2.09 bits per heavy atom. The van der Waals surface area contributed by atoms with Crippen LogP contribution in [-0.4, -0.2) is 15.2 Å². The van der Waals surface area contributed by atoms with Crippen molar-refractivity contribution in [1.82, 2.24) is 0 Å². The highest BCUT2D eigenvalue weighted by Crippen LogP contribution is 2.15. The van der Waals surface area contributed by atoms with E-state index in [0.29, 0.717) is 6.61 Å². The van der Waals surface area contributed by atoms with E-state index < -0.39 is 8.56 Å². The Labute approximate surface area is 142 Å². The molecular weight excluding hydrogens is 312 g/mol. The molecule has 0 amide bonds. The van der Waals surface area contributed by atoms with Crippen LogP contribution >= 0.6 is 11.6 Å². The molecule has 0 bridgehead atoms. The minimum absolute atomic E-state index is 0.605. The Kier molecular flexibility index (Phi) is 10.0. The second-order valence-electron chi connectivity index (χ2n) is 6.28. The van der Waals surface area contributed by atoms with Crippen molar-refractivity contribution in [2.45, 2.75) is 71.6 Å². The average molecular weight is 343 g/mol. The van der Waals surface area contributed by atoms with E-state index in [0.717, 1.165) is 23.6 Å². The lowest BCUT2D eigenvalue weighted by Gasteiger charge is -2.23. The second kappa shape index (κ2) is 11.2. The van der Waals surface area contributed by atoms with Gasteiger partial charge in [-0.1, -0.05) is 69.2 Å². The molecule has 1 rings (SSSR count). The number of hydrogen-bond donors (Lipinski definition) is 0. The molecule has 0 N–H and O–H groups in total. The number of rotatable bonds is 12. The van der Waals surface area contributed by atoms with Crippen LogP contribution in [0.1, 0.15) is 57.4 Å². The topological polar surface area (TPSA) is 18.5 Å². The van der Waals surface area contributed by atoms with E-state index in [9.17, 15) is 0 Å². The van der Waals surface area contributed by atoms with Gasteiger partial charge in [-0.15, -0.1) is 0 Å². The summed E-state index contributed by atoms with van der Waals surface area (Å²) in [6.07, 6.45) is 9.17. The zero-order valence-corrected chi connectivity index (χ0v) is 16.1. The minimum Gasteiger partial charge on any atom is -0.395 e. The molecule has 2 nitrogen and oxygen atoms in total. The quantitative estimate of drug-likeness (QED) is 0.326. The van der Waals surface area contributed by atoms with Crippen LogP contribution in [0.25, 0.3) is 0 Å². The molecule has 0 aliphatic heterocycles. The summed E-state index contributed by atoms with van der Waals surface area (Å²) in [5.41, 5.74) is 1.14. The van der Waals surface area contributed by atoms with E-state index in [1.807, 2.05) is 24.3 Å². The highest BCUT2D eigenvalue weighted by Gasteiger charge is 2.24. The fraction of sp³-hybridized carbons (Fsp3) is 0.667. The van der Waals surface area contributed by atoms with E-state index in [2.05, 4.69) is 20.0 Å². The highest BCUT2D eigenvalue weighted by molar-refractivity contribution is 6.64. The van der Waals surface area contributed by atoms with Crippen molar-refractivity contribution >= 4 is 20.2 Å². The van der Waals surface area contributed by atoms with Crippen LogP contribution in [0.4, 0.5) is 0 Å². The Hall–Kier alpha value is -0.353. The zero-order chi connectivity index (χ0) is 16.3. The molecule has 0 atom stereocenters. The number of hydrogen-bond acceptors (Lipinski definition) is 2. The maximum absolute atomic E-state index is 5.99. The van der Waals surface area contributed by atoms with Gasteiger partial charge in [-0.25, -0.2) is 0 Å². The molecular formula is C18H31ClO2Si. The first-order valence-electron chi connectivity index (χ1n) is 8.56. The predicted octanol–water partition coefficient (Wildman–Crippen LogP) is 6.33. The molecule has 4 heteroatoms. The first-order chi connectivity index (χ1) is 10.5. The Morgan fingerprint density at radius 2 is 1.45 bits per heavy atom. The largest absolute Gasteiger partial charge is 0.395 e. The van der Waals surface area contributed by atoms with Gasteiger partial charge in [-0.2, -0.15) is 0 Å². The van der Waals surface area contributed by atoms with Gasteiger partial charge in [0.15, 0.2) is 0 Å². The van der Waals surface area contributed by atoms with Gasteiger partial charge >= 0.3 is 8.56 Å². The van der Waals surface area contributed by atoms with Gasteiger partial charge in [0.2, 0.25) is 0 Å². The summed E-state index contributed by atoms with van der Waals surface area (Å²) in [7, 11) is -2.01. The molecule has 126 valence electrons. The third-order valence-electron chi connectivity index (χ3n) is 3.70. The Balaban J connectivity index is 2.09. The van der Waals surface area contributed by atoms with E-state index in [-0.39, 0.29) is 0 Å². The minimum atomic E-state index is -2.01. The van der Waals surface area contributed by atoms with Crippen LogP contribution < -0.4 is 0 Å². The summed E-state index contributed by atoms with van der Waals surface area (Å²) >= 11 is 5.88. The molecule has 1 aromatic carbocycles.